The van der Waals surface area contributed by atoms with Gasteiger partial charge in [-0.05, 0) is 38.1 Å². The highest BCUT2D eigenvalue weighted by molar-refractivity contribution is 7.25. The molecule has 5 nitrogen and oxygen atoms in total. The fourth-order valence-corrected chi connectivity index (χ4v) is 4.11. The number of thiophene rings is 1. The van der Waals surface area contributed by atoms with Crippen LogP contribution in [0.15, 0.2) is 47.3 Å². The van der Waals surface area contributed by atoms with Gasteiger partial charge in [0, 0.05) is 10.4 Å². The summed E-state index contributed by atoms with van der Waals surface area (Å²) in [5.41, 5.74) is 1.77. The molecule has 0 fully saturated rings. The van der Waals surface area contributed by atoms with Gasteiger partial charge in [-0.3, -0.25) is 14.2 Å². The number of hydrogen-bond acceptors (Lipinski definition) is 4. The Kier molecular flexibility index (Phi) is 4.24. The van der Waals surface area contributed by atoms with Gasteiger partial charge in [-0.25, -0.2) is 9.37 Å². The van der Waals surface area contributed by atoms with Gasteiger partial charge in [0.25, 0.3) is 5.56 Å². The number of aromatic nitrogens is 2. The van der Waals surface area contributed by atoms with Crippen molar-refractivity contribution in [2.75, 3.05) is 5.32 Å². The highest BCUT2D eigenvalue weighted by Crippen LogP contribution is 2.32. The van der Waals surface area contributed by atoms with Crippen molar-refractivity contribution in [1.82, 2.24) is 9.55 Å². The fraction of sp³-hybridized carbons (Fsp3) is 0.150. The number of halogens is 1. The standard InChI is InChI=1S/C20H16FN3O2S/c1-11-6-8-13(9-7-11)23-16(25)10-24-12(2)22-18-17-14(21)4-3-5-15(17)27-19(18)20(24)26/h3-9H,10H2,1-2H3,(H,23,25). The number of fused-ring (bicyclic) bond motifs is 3. The molecule has 2 aromatic carbocycles. The summed E-state index contributed by atoms with van der Waals surface area (Å²) in [6.07, 6.45) is 0. The van der Waals surface area contributed by atoms with E-state index < -0.39 is 5.82 Å². The van der Waals surface area contributed by atoms with Crippen LogP contribution >= 0.6 is 11.3 Å². The van der Waals surface area contributed by atoms with Crippen molar-refractivity contribution in [1.29, 1.82) is 0 Å². The van der Waals surface area contributed by atoms with Gasteiger partial charge >= 0.3 is 0 Å². The Labute approximate surface area is 158 Å². The van der Waals surface area contributed by atoms with Crippen molar-refractivity contribution in [2.24, 2.45) is 0 Å². The van der Waals surface area contributed by atoms with Gasteiger partial charge in [0.1, 0.15) is 22.9 Å². The molecular formula is C20H16FN3O2S. The van der Waals surface area contributed by atoms with Crippen molar-refractivity contribution in [3.63, 3.8) is 0 Å². The van der Waals surface area contributed by atoms with E-state index in [1.807, 2.05) is 19.1 Å². The predicted molar refractivity (Wildman–Crippen MR) is 106 cm³/mol. The molecule has 136 valence electrons. The van der Waals surface area contributed by atoms with Crippen molar-refractivity contribution in [3.8, 4) is 0 Å². The van der Waals surface area contributed by atoms with Gasteiger partial charge in [0.2, 0.25) is 5.91 Å². The van der Waals surface area contributed by atoms with Crippen LogP contribution in [-0.4, -0.2) is 15.5 Å². The van der Waals surface area contributed by atoms with Crippen LogP contribution in [-0.2, 0) is 11.3 Å². The number of amides is 1. The largest absolute Gasteiger partial charge is 0.325 e. The van der Waals surface area contributed by atoms with Gasteiger partial charge in [0.05, 0.1) is 10.9 Å². The molecule has 0 bridgehead atoms. The number of carbonyl (C=O) groups excluding carboxylic acids is 1. The minimum Gasteiger partial charge on any atom is -0.325 e. The molecule has 0 aliphatic rings. The Morgan fingerprint density at radius 3 is 2.67 bits per heavy atom. The fourth-order valence-electron chi connectivity index (χ4n) is 3.00. The van der Waals surface area contributed by atoms with E-state index in [0.717, 1.165) is 5.56 Å². The molecule has 7 heteroatoms. The number of nitrogens with one attached hydrogen (secondary N) is 1. The first kappa shape index (κ1) is 17.4. The van der Waals surface area contributed by atoms with Crippen LogP contribution < -0.4 is 10.9 Å². The predicted octanol–water partition coefficient (Wildman–Crippen LogP) is 4.01. The molecule has 0 radical (unpaired) electrons. The smallest absolute Gasteiger partial charge is 0.272 e. The molecule has 1 N–H and O–H groups in total. The minimum atomic E-state index is -0.403. The first-order chi connectivity index (χ1) is 12.9. The molecule has 27 heavy (non-hydrogen) atoms. The third kappa shape index (κ3) is 3.10. The van der Waals surface area contributed by atoms with Crippen molar-refractivity contribution < 1.29 is 9.18 Å². The zero-order chi connectivity index (χ0) is 19.1. The lowest BCUT2D eigenvalue weighted by Crippen LogP contribution is -2.29. The van der Waals surface area contributed by atoms with Gasteiger partial charge in [-0.15, -0.1) is 11.3 Å². The number of benzene rings is 2. The average molecular weight is 381 g/mol. The van der Waals surface area contributed by atoms with Crippen LogP contribution in [0, 0.1) is 19.7 Å². The van der Waals surface area contributed by atoms with Crippen LogP contribution in [0.4, 0.5) is 10.1 Å². The maximum atomic E-state index is 14.2. The summed E-state index contributed by atoms with van der Waals surface area (Å²) in [7, 11) is 0. The lowest BCUT2D eigenvalue weighted by atomic mass is 10.2. The van der Waals surface area contributed by atoms with Gasteiger partial charge in [-0.1, -0.05) is 23.8 Å². The monoisotopic (exact) mass is 381 g/mol. The lowest BCUT2D eigenvalue weighted by molar-refractivity contribution is -0.116. The summed E-state index contributed by atoms with van der Waals surface area (Å²) >= 11 is 1.19. The van der Waals surface area contributed by atoms with Crippen LogP contribution in [0.3, 0.4) is 0 Å². The topological polar surface area (TPSA) is 64.0 Å². The summed E-state index contributed by atoms with van der Waals surface area (Å²) in [6, 6.07) is 12.1. The molecule has 0 saturated carbocycles. The Morgan fingerprint density at radius 1 is 1.19 bits per heavy atom. The maximum absolute atomic E-state index is 14.2. The second kappa shape index (κ2) is 6.59. The van der Waals surface area contributed by atoms with Crippen LogP contribution in [0.25, 0.3) is 20.3 Å². The summed E-state index contributed by atoms with van der Waals surface area (Å²) in [6.45, 7) is 3.45. The van der Waals surface area contributed by atoms with Gasteiger partial charge < -0.3 is 5.32 Å². The zero-order valence-electron chi connectivity index (χ0n) is 14.7. The molecule has 0 aliphatic heterocycles. The van der Waals surface area contributed by atoms with E-state index in [1.54, 1.807) is 31.2 Å². The SMILES string of the molecule is Cc1ccc(NC(=O)Cn2c(C)nc3c(sc4cccc(F)c43)c2=O)cc1. The second-order valence-corrected chi connectivity index (χ2v) is 7.41. The highest BCUT2D eigenvalue weighted by atomic mass is 32.1. The quantitative estimate of drug-likeness (QED) is 0.583. The lowest BCUT2D eigenvalue weighted by Gasteiger charge is -2.10. The van der Waals surface area contributed by atoms with Crippen molar-refractivity contribution in [3.05, 3.63) is 70.0 Å². The maximum Gasteiger partial charge on any atom is 0.272 e. The van der Waals surface area contributed by atoms with Crippen LogP contribution in [0.2, 0.25) is 0 Å². The van der Waals surface area contributed by atoms with E-state index in [4.69, 9.17) is 0 Å². The summed E-state index contributed by atoms with van der Waals surface area (Å²) < 4.78 is 16.5. The number of nitrogens with zero attached hydrogens (tertiary/aromatic N) is 2. The molecule has 0 spiro atoms. The van der Waals surface area contributed by atoms with Gasteiger partial charge in [0.15, 0.2) is 0 Å². The molecule has 0 atom stereocenters. The summed E-state index contributed by atoms with van der Waals surface area (Å²) in [5, 5.41) is 3.13. The number of anilines is 1. The Balaban J connectivity index is 1.72. The first-order valence-electron chi connectivity index (χ1n) is 8.39. The van der Waals surface area contributed by atoms with E-state index in [2.05, 4.69) is 10.3 Å². The Bertz CT molecular complexity index is 1240. The van der Waals surface area contributed by atoms with E-state index in [1.165, 1.54) is 22.0 Å². The molecule has 4 rings (SSSR count). The van der Waals surface area contributed by atoms with Crippen molar-refractivity contribution >= 4 is 43.2 Å². The Morgan fingerprint density at radius 2 is 1.93 bits per heavy atom. The summed E-state index contributed by atoms with van der Waals surface area (Å²) in [4.78, 5) is 29.7. The summed E-state index contributed by atoms with van der Waals surface area (Å²) in [5.74, 6) is -0.355. The molecule has 0 saturated heterocycles. The number of aryl methyl sites for hydroxylation is 2. The van der Waals surface area contributed by atoms with E-state index in [0.29, 0.717) is 31.8 Å². The first-order valence-corrected chi connectivity index (χ1v) is 9.20. The van der Waals surface area contributed by atoms with E-state index in [-0.39, 0.29) is 18.0 Å². The normalized spacial score (nSPS) is 11.2. The van der Waals surface area contributed by atoms with E-state index >= 15 is 0 Å². The minimum absolute atomic E-state index is 0.155. The highest BCUT2D eigenvalue weighted by Gasteiger charge is 2.17. The van der Waals surface area contributed by atoms with E-state index in [9.17, 15) is 14.0 Å². The zero-order valence-corrected chi connectivity index (χ0v) is 15.6. The van der Waals surface area contributed by atoms with Crippen molar-refractivity contribution in [2.45, 2.75) is 20.4 Å². The third-order valence-electron chi connectivity index (χ3n) is 4.38. The Hall–Kier alpha value is -3.06. The van der Waals surface area contributed by atoms with Crippen LogP contribution in [0.1, 0.15) is 11.4 Å². The molecule has 1 amide bonds. The number of carbonyl (C=O) groups is 1. The number of hydrogen-bond donors (Lipinski definition) is 1. The molecule has 2 heterocycles. The number of rotatable bonds is 3. The third-order valence-corrected chi connectivity index (χ3v) is 5.51. The molecule has 0 unspecified atom stereocenters. The van der Waals surface area contributed by atoms with Gasteiger partial charge in [-0.2, -0.15) is 0 Å². The molecule has 0 aliphatic carbocycles. The second-order valence-electron chi connectivity index (χ2n) is 6.36. The average Bonchev–Trinajstić information content (AvgIpc) is 3.00. The van der Waals surface area contributed by atoms with Crippen LogP contribution in [0.5, 0.6) is 0 Å². The molecule has 2 aromatic heterocycles. The molecule has 4 aromatic rings. The molecular weight excluding hydrogens is 365 g/mol.